The summed E-state index contributed by atoms with van der Waals surface area (Å²) in [6.07, 6.45) is -0.0792. The zero-order chi connectivity index (χ0) is 20.3. The number of nitrogens with one attached hydrogen (secondary N) is 1. The molecule has 1 aromatic rings. The number of rotatable bonds is 4. The predicted molar refractivity (Wildman–Crippen MR) is 101 cm³/mol. The van der Waals surface area contributed by atoms with Crippen molar-refractivity contribution >= 4 is 11.8 Å². The highest BCUT2D eigenvalue weighted by molar-refractivity contribution is 5.92. The lowest BCUT2D eigenvalue weighted by Gasteiger charge is -2.36. The number of allylic oxidation sites excluding steroid dienone is 1. The van der Waals surface area contributed by atoms with E-state index in [1.165, 1.54) is 4.90 Å². The van der Waals surface area contributed by atoms with Crippen molar-refractivity contribution in [3.8, 4) is 0 Å². The van der Waals surface area contributed by atoms with E-state index in [-0.39, 0.29) is 36.6 Å². The third kappa shape index (κ3) is 5.01. The van der Waals surface area contributed by atoms with E-state index in [0.29, 0.717) is 31.9 Å². The van der Waals surface area contributed by atoms with Crippen LogP contribution in [0.2, 0.25) is 0 Å². The summed E-state index contributed by atoms with van der Waals surface area (Å²) in [4.78, 5) is 31.0. The molecule has 3 heterocycles. The van der Waals surface area contributed by atoms with Gasteiger partial charge in [-0.05, 0) is 44.9 Å². The van der Waals surface area contributed by atoms with Gasteiger partial charge in [-0.25, -0.2) is 0 Å². The molecule has 152 valence electrons. The number of aromatic nitrogens is 1. The van der Waals surface area contributed by atoms with Crippen molar-refractivity contribution in [2.24, 2.45) is 0 Å². The molecule has 0 aromatic carbocycles. The number of aliphatic hydroxyl groups is 1. The standard InChI is InChI=1S/C20H27N3O5/c1-12-6-15(7-13(2)21-12)8-18(25)22-16-9-17(24)11-23(10-16)20(26)19-14(3)27-4-5-28-19/h6-7,16-17,24H,4-5,8-11H2,1-3H3,(H,22,25)/t16-,17+/m0/s1. The molecule has 2 amide bonds. The number of hydrogen-bond acceptors (Lipinski definition) is 6. The summed E-state index contributed by atoms with van der Waals surface area (Å²) >= 11 is 0. The Labute approximate surface area is 164 Å². The second-order valence-electron chi connectivity index (χ2n) is 7.38. The zero-order valence-corrected chi connectivity index (χ0v) is 16.5. The second-order valence-corrected chi connectivity index (χ2v) is 7.38. The largest absolute Gasteiger partial charge is 0.491 e. The first-order chi connectivity index (χ1) is 13.3. The first-order valence-corrected chi connectivity index (χ1v) is 9.49. The number of likely N-dealkylation sites (tertiary alicyclic amines) is 1. The highest BCUT2D eigenvalue weighted by Crippen LogP contribution is 2.19. The van der Waals surface area contributed by atoms with E-state index in [0.717, 1.165) is 17.0 Å². The molecule has 2 aliphatic rings. The molecule has 28 heavy (non-hydrogen) atoms. The van der Waals surface area contributed by atoms with E-state index >= 15 is 0 Å². The Hall–Kier alpha value is -2.61. The lowest BCUT2D eigenvalue weighted by molar-refractivity contribution is -0.137. The number of nitrogens with zero attached hydrogens (tertiary/aromatic N) is 2. The monoisotopic (exact) mass is 389 g/mol. The van der Waals surface area contributed by atoms with E-state index < -0.39 is 6.10 Å². The van der Waals surface area contributed by atoms with Crippen molar-refractivity contribution in [3.63, 3.8) is 0 Å². The molecule has 0 unspecified atom stereocenters. The molecule has 0 saturated carbocycles. The van der Waals surface area contributed by atoms with Crippen LogP contribution >= 0.6 is 0 Å². The van der Waals surface area contributed by atoms with Crippen molar-refractivity contribution in [2.75, 3.05) is 26.3 Å². The van der Waals surface area contributed by atoms with Gasteiger partial charge in [0.25, 0.3) is 5.91 Å². The average Bonchev–Trinajstić information content (AvgIpc) is 2.60. The van der Waals surface area contributed by atoms with Gasteiger partial charge in [0.2, 0.25) is 11.7 Å². The van der Waals surface area contributed by atoms with Gasteiger partial charge in [-0.2, -0.15) is 0 Å². The summed E-state index contributed by atoms with van der Waals surface area (Å²) < 4.78 is 10.8. The number of aryl methyl sites for hydroxylation is 2. The van der Waals surface area contributed by atoms with Gasteiger partial charge in [-0.1, -0.05) is 0 Å². The second kappa shape index (κ2) is 8.60. The van der Waals surface area contributed by atoms with Crippen LogP contribution in [-0.4, -0.2) is 65.3 Å². The Balaban J connectivity index is 1.62. The Morgan fingerprint density at radius 2 is 1.86 bits per heavy atom. The quantitative estimate of drug-likeness (QED) is 0.782. The molecule has 2 aliphatic heterocycles. The normalized spacial score (nSPS) is 22.4. The topological polar surface area (TPSA) is 101 Å². The van der Waals surface area contributed by atoms with Crippen molar-refractivity contribution in [1.29, 1.82) is 0 Å². The fourth-order valence-electron chi connectivity index (χ4n) is 3.69. The molecule has 0 aliphatic carbocycles. The number of aliphatic hydroxyl groups excluding tert-OH is 1. The summed E-state index contributed by atoms with van der Waals surface area (Å²) in [6, 6.07) is 3.44. The molecule has 0 spiro atoms. The molecule has 8 heteroatoms. The van der Waals surface area contributed by atoms with Crippen LogP contribution < -0.4 is 5.32 Å². The van der Waals surface area contributed by atoms with Crippen LogP contribution in [0.3, 0.4) is 0 Å². The van der Waals surface area contributed by atoms with Crippen LogP contribution in [0.25, 0.3) is 0 Å². The van der Waals surface area contributed by atoms with Gasteiger partial charge in [0.05, 0.1) is 12.5 Å². The molecule has 1 aromatic heterocycles. The van der Waals surface area contributed by atoms with Gasteiger partial charge in [-0.15, -0.1) is 0 Å². The average molecular weight is 389 g/mol. The highest BCUT2D eigenvalue weighted by atomic mass is 16.6. The summed E-state index contributed by atoms with van der Waals surface area (Å²) in [5.41, 5.74) is 2.62. The van der Waals surface area contributed by atoms with Gasteiger partial charge in [0.1, 0.15) is 19.0 Å². The minimum atomic E-state index is -0.709. The van der Waals surface area contributed by atoms with Crippen LogP contribution in [0.4, 0.5) is 0 Å². The van der Waals surface area contributed by atoms with Crippen LogP contribution in [-0.2, 0) is 25.5 Å². The minimum absolute atomic E-state index is 0.149. The molecular weight excluding hydrogens is 362 g/mol. The van der Waals surface area contributed by atoms with Crippen molar-refractivity contribution in [1.82, 2.24) is 15.2 Å². The molecule has 8 nitrogen and oxygen atoms in total. The summed E-state index contributed by atoms with van der Waals surface area (Å²) in [5, 5.41) is 13.1. The SMILES string of the molecule is CC1=C(C(=O)N2C[C@H](O)C[C@H](NC(=O)Cc3cc(C)nc(C)c3)C2)OCCO1. The van der Waals surface area contributed by atoms with E-state index in [4.69, 9.17) is 9.47 Å². The molecule has 2 atom stereocenters. The first-order valence-electron chi connectivity index (χ1n) is 9.49. The highest BCUT2D eigenvalue weighted by Gasteiger charge is 2.33. The van der Waals surface area contributed by atoms with E-state index in [1.807, 2.05) is 26.0 Å². The number of pyridine rings is 1. The number of β-amino-alcohol motifs (C(OH)–C–C–N with tert-alkyl or cyclic N) is 1. The van der Waals surface area contributed by atoms with Crippen LogP contribution in [0.1, 0.15) is 30.3 Å². The van der Waals surface area contributed by atoms with Gasteiger partial charge in [-0.3, -0.25) is 14.6 Å². The Morgan fingerprint density at radius 1 is 1.18 bits per heavy atom. The molecule has 1 fully saturated rings. The third-order valence-electron chi connectivity index (χ3n) is 4.75. The molecule has 3 rings (SSSR count). The third-order valence-corrected chi connectivity index (χ3v) is 4.75. The number of carbonyl (C=O) groups is 2. The fourth-order valence-corrected chi connectivity index (χ4v) is 3.69. The van der Waals surface area contributed by atoms with E-state index in [2.05, 4.69) is 10.3 Å². The Kier molecular flexibility index (Phi) is 6.18. The maximum absolute atomic E-state index is 12.7. The number of carbonyl (C=O) groups excluding carboxylic acids is 2. The minimum Gasteiger partial charge on any atom is -0.491 e. The zero-order valence-electron chi connectivity index (χ0n) is 16.5. The molecule has 1 saturated heterocycles. The maximum Gasteiger partial charge on any atom is 0.292 e. The van der Waals surface area contributed by atoms with Crippen molar-refractivity contribution in [2.45, 2.75) is 45.8 Å². The van der Waals surface area contributed by atoms with Crippen molar-refractivity contribution < 1.29 is 24.2 Å². The van der Waals surface area contributed by atoms with Crippen LogP contribution in [0.15, 0.2) is 23.7 Å². The number of hydrogen-bond donors (Lipinski definition) is 2. The van der Waals surface area contributed by atoms with Gasteiger partial charge in [0.15, 0.2) is 0 Å². The smallest absolute Gasteiger partial charge is 0.292 e. The first kappa shape index (κ1) is 20.1. The molecular formula is C20H27N3O5. The number of piperidine rings is 1. The summed E-state index contributed by atoms with van der Waals surface area (Å²) in [7, 11) is 0. The number of amides is 2. The Morgan fingerprint density at radius 3 is 2.54 bits per heavy atom. The lowest BCUT2D eigenvalue weighted by atomic mass is 10.0. The Bertz CT molecular complexity index is 772. The molecule has 0 radical (unpaired) electrons. The predicted octanol–water partition coefficient (Wildman–Crippen LogP) is 0.597. The van der Waals surface area contributed by atoms with Gasteiger partial charge >= 0.3 is 0 Å². The number of ether oxygens (including phenoxy) is 2. The van der Waals surface area contributed by atoms with Crippen LogP contribution in [0.5, 0.6) is 0 Å². The van der Waals surface area contributed by atoms with Crippen LogP contribution in [0, 0.1) is 13.8 Å². The molecule has 0 bridgehead atoms. The van der Waals surface area contributed by atoms with Gasteiger partial charge < -0.3 is 24.8 Å². The fraction of sp³-hybridized carbons (Fsp3) is 0.550. The van der Waals surface area contributed by atoms with Gasteiger partial charge in [0, 0.05) is 30.5 Å². The van der Waals surface area contributed by atoms with Crippen molar-refractivity contribution in [3.05, 3.63) is 40.6 Å². The molecule has 2 N–H and O–H groups in total. The summed E-state index contributed by atoms with van der Waals surface area (Å²) in [5.74, 6) is 0.146. The van der Waals surface area contributed by atoms with E-state index in [9.17, 15) is 14.7 Å². The summed E-state index contributed by atoms with van der Waals surface area (Å²) in [6.45, 7) is 6.72. The lowest BCUT2D eigenvalue weighted by Crippen LogP contribution is -2.55. The van der Waals surface area contributed by atoms with E-state index in [1.54, 1.807) is 6.92 Å². The maximum atomic E-state index is 12.7.